The third-order valence-electron chi connectivity index (χ3n) is 2.13. The molecule has 0 atom stereocenters. The van der Waals surface area contributed by atoms with Crippen LogP contribution >= 0.6 is 0 Å². The molecule has 0 aliphatic rings. The Morgan fingerprint density at radius 1 is 1.47 bits per heavy atom. The maximum atomic E-state index is 5.85. The van der Waals surface area contributed by atoms with Gasteiger partial charge in [0.2, 0.25) is 0 Å². The molecule has 0 aliphatic carbocycles. The number of nitrogens with zero attached hydrogens (tertiary/aromatic N) is 4. The molecular formula is C10H13N5. The molecule has 0 aromatic carbocycles. The number of aromatic nitrogens is 4. The molecule has 0 saturated carbocycles. The Kier molecular flexibility index (Phi) is 2.62. The highest BCUT2D eigenvalue weighted by atomic mass is 15.4. The quantitative estimate of drug-likeness (QED) is 0.817. The fourth-order valence-electron chi connectivity index (χ4n) is 1.45. The number of anilines is 1. The Morgan fingerprint density at radius 2 is 2.33 bits per heavy atom. The monoisotopic (exact) mass is 203 g/mol. The Hall–Kier alpha value is -1.91. The van der Waals surface area contributed by atoms with Gasteiger partial charge in [0.25, 0.3) is 0 Å². The van der Waals surface area contributed by atoms with Crippen LogP contribution < -0.4 is 5.73 Å². The Bertz CT molecular complexity index is 449. The molecule has 2 aromatic heterocycles. The van der Waals surface area contributed by atoms with E-state index < -0.39 is 0 Å². The minimum Gasteiger partial charge on any atom is -0.397 e. The number of nitrogens with two attached hydrogens (primary N) is 1. The molecule has 2 N–H and O–H groups in total. The lowest BCUT2D eigenvalue weighted by molar-refractivity contribution is 0.583. The maximum Gasteiger partial charge on any atom is 0.113 e. The summed E-state index contributed by atoms with van der Waals surface area (Å²) in [6.45, 7) is 2.92. The standard InChI is InChI=1S/C10H13N5/c1-2-6-15-9(7-13-14-15)10-8(11)4-3-5-12-10/h3-5,7H,2,6,11H2,1H3. The second kappa shape index (κ2) is 4.08. The lowest BCUT2D eigenvalue weighted by atomic mass is 10.2. The van der Waals surface area contributed by atoms with Crippen molar-refractivity contribution in [1.29, 1.82) is 0 Å². The molecule has 0 radical (unpaired) electrons. The molecule has 0 spiro atoms. The van der Waals surface area contributed by atoms with Gasteiger partial charge in [0.05, 0.1) is 11.9 Å². The van der Waals surface area contributed by atoms with E-state index in [1.807, 2.05) is 16.8 Å². The summed E-state index contributed by atoms with van der Waals surface area (Å²) < 4.78 is 1.82. The first-order valence-corrected chi connectivity index (χ1v) is 4.92. The van der Waals surface area contributed by atoms with E-state index in [4.69, 9.17) is 5.73 Å². The molecule has 0 amide bonds. The van der Waals surface area contributed by atoms with E-state index in [9.17, 15) is 0 Å². The summed E-state index contributed by atoms with van der Waals surface area (Å²) in [4.78, 5) is 4.24. The van der Waals surface area contributed by atoms with E-state index in [1.165, 1.54) is 0 Å². The van der Waals surface area contributed by atoms with E-state index in [1.54, 1.807) is 12.4 Å². The van der Waals surface area contributed by atoms with Crippen LogP contribution in [0.4, 0.5) is 5.69 Å². The minimum absolute atomic E-state index is 0.650. The van der Waals surface area contributed by atoms with Crippen molar-refractivity contribution in [3.8, 4) is 11.4 Å². The molecule has 0 fully saturated rings. The summed E-state index contributed by atoms with van der Waals surface area (Å²) in [7, 11) is 0. The van der Waals surface area contributed by atoms with Crippen molar-refractivity contribution >= 4 is 5.69 Å². The van der Waals surface area contributed by atoms with Gasteiger partial charge in [-0.05, 0) is 18.6 Å². The molecule has 2 heterocycles. The Labute approximate surface area is 87.9 Å². The second-order valence-electron chi connectivity index (χ2n) is 3.28. The highest BCUT2D eigenvalue weighted by Gasteiger charge is 2.09. The number of hydrogen-bond donors (Lipinski definition) is 1. The number of rotatable bonds is 3. The van der Waals surface area contributed by atoms with Crippen molar-refractivity contribution in [3.63, 3.8) is 0 Å². The average molecular weight is 203 g/mol. The van der Waals surface area contributed by atoms with Gasteiger partial charge in [-0.3, -0.25) is 4.98 Å². The van der Waals surface area contributed by atoms with Crippen molar-refractivity contribution in [2.24, 2.45) is 0 Å². The summed E-state index contributed by atoms with van der Waals surface area (Å²) in [5.74, 6) is 0. The van der Waals surface area contributed by atoms with E-state index in [0.29, 0.717) is 5.69 Å². The van der Waals surface area contributed by atoms with Crippen molar-refractivity contribution in [3.05, 3.63) is 24.5 Å². The van der Waals surface area contributed by atoms with Crippen LogP contribution in [0.25, 0.3) is 11.4 Å². The number of pyridine rings is 1. The first kappa shape index (κ1) is 9.64. The van der Waals surface area contributed by atoms with Crippen molar-refractivity contribution in [2.75, 3.05) is 5.73 Å². The fourth-order valence-corrected chi connectivity index (χ4v) is 1.45. The third-order valence-corrected chi connectivity index (χ3v) is 2.13. The van der Waals surface area contributed by atoms with Crippen LogP contribution in [0.15, 0.2) is 24.5 Å². The number of hydrogen-bond acceptors (Lipinski definition) is 4. The predicted molar refractivity (Wildman–Crippen MR) is 58.0 cm³/mol. The molecule has 0 unspecified atom stereocenters. The molecule has 5 nitrogen and oxygen atoms in total. The van der Waals surface area contributed by atoms with Crippen molar-refractivity contribution < 1.29 is 0 Å². The summed E-state index contributed by atoms with van der Waals surface area (Å²) >= 11 is 0. The summed E-state index contributed by atoms with van der Waals surface area (Å²) in [6.07, 6.45) is 4.41. The predicted octanol–water partition coefficient (Wildman–Crippen LogP) is 1.33. The van der Waals surface area contributed by atoms with Gasteiger partial charge in [0.1, 0.15) is 11.4 Å². The molecule has 15 heavy (non-hydrogen) atoms. The zero-order chi connectivity index (χ0) is 10.7. The average Bonchev–Trinajstić information content (AvgIpc) is 2.67. The SMILES string of the molecule is CCCn1nncc1-c1ncccc1N. The van der Waals surface area contributed by atoms with Crippen LogP contribution in [0.5, 0.6) is 0 Å². The molecule has 0 saturated heterocycles. The lowest BCUT2D eigenvalue weighted by Gasteiger charge is -2.05. The molecule has 2 aromatic rings. The van der Waals surface area contributed by atoms with Gasteiger partial charge in [-0.15, -0.1) is 5.10 Å². The van der Waals surface area contributed by atoms with E-state index in [-0.39, 0.29) is 0 Å². The maximum absolute atomic E-state index is 5.85. The normalized spacial score (nSPS) is 10.5. The van der Waals surface area contributed by atoms with E-state index >= 15 is 0 Å². The van der Waals surface area contributed by atoms with Crippen LogP contribution in [0, 0.1) is 0 Å². The molecular weight excluding hydrogens is 190 g/mol. The zero-order valence-corrected chi connectivity index (χ0v) is 8.59. The second-order valence-corrected chi connectivity index (χ2v) is 3.28. The van der Waals surface area contributed by atoms with E-state index in [0.717, 1.165) is 24.4 Å². The molecule has 78 valence electrons. The highest BCUT2D eigenvalue weighted by molar-refractivity contribution is 5.68. The minimum atomic E-state index is 0.650. The van der Waals surface area contributed by atoms with Gasteiger partial charge in [-0.2, -0.15) is 0 Å². The Balaban J connectivity index is 2.45. The molecule has 0 bridgehead atoms. The number of aryl methyl sites for hydroxylation is 1. The zero-order valence-electron chi connectivity index (χ0n) is 8.59. The van der Waals surface area contributed by atoms with Crippen LogP contribution in [0.3, 0.4) is 0 Å². The summed E-state index contributed by atoms with van der Waals surface area (Å²) in [5, 5.41) is 7.87. The van der Waals surface area contributed by atoms with Crippen LogP contribution in [-0.4, -0.2) is 20.0 Å². The van der Waals surface area contributed by atoms with Gasteiger partial charge >= 0.3 is 0 Å². The van der Waals surface area contributed by atoms with Crippen molar-refractivity contribution in [2.45, 2.75) is 19.9 Å². The van der Waals surface area contributed by atoms with Gasteiger partial charge in [0.15, 0.2) is 0 Å². The third kappa shape index (κ3) is 1.81. The van der Waals surface area contributed by atoms with Crippen LogP contribution in [-0.2, 0) is 6.54 Å². The van der Waals surface area contributed by atoms with Gasteiger partial charge in [-0.25, -0.2) is 4.68 Å². The van der Waals surface area contributed by atoms with Gasteiger partial charge in [-0.1, -0.05) is 12.1 Å². The highest BCUT2D eigenvalue weighted by Crippen LogP contribution is 2.21. The van der Waals surface area contributed by atoms with Crippen molar-refractivity contribution in [1.82, 2.24) is 20.0 Å². The first-order chi connectivity index (χ1) is 7.33. The van der Waals surface area contributed by atoms with Gasteiger partial charge < -0.3 is 5.73 Å². The fraction of sp³-hybridized carbons (Fsp3) is 0.300. The number of nitrogen functional groups attached to an aromatic ring is 1. The van der Waals surface area contributed by atoms with Gasteiger partial charge in [0, 0.05) is 12.7 Å². The first-order valence-electron chi connectivity index (χ1n) is 4.92. The molecule has 0 aliphatic heterocycles. The summed E-state index contributed by atoms with van der Waals surface area (Å²) in [6, 6.07) is 3.64. The van der Waals surface area contributed by atoms with Crippen LogP contribution in [0.2, 0.25) is 0 Å². The lowest BCUT2D eigenvalue weighted by Crippen LogP contribution is -2.03. The van der Waals surface area contributed by atoms with E-state index in [2.05, 4.69) is 22.2 Å². The van der Waals surface area contributed by atoms with Crippen LogP contribution in [0.1, 0.15) is 13.3 Å². The molecule has 2 rings (SSSR count). The smallest absolute Gasteiger partial charge is 0.113 e. The summed E-state index contributed by atoms with van der Waals surface area (Å²) in [5.41, 5.74) is 8.11. The topological polar surface area (TPSA) is 69.6 Å². The Morgan fingerprint density at radius 3 is 3.07 bits per heavy atom. The molecule has 5 heteroatoms. The largest absolute Gasteiger partial charge is 0.397 e.